The number of benzene rings is 3. The Kier molecular flexibility index (Phi) is 6.58. The molecule has 1 aromatic heterocycles. The number of thiazole rings is 1. The molecular weight excluding hydrogens is 433 g/mol. The maximum atomic E-state index is 13.1. The van der Waals surface area contributed by atoms with E-state index in [0.717, 1.165) is 55.1 Å². The minimum atomic E-state index is -0.524. The molecule has 172 valence electrons. The number of anilines is 1. The van der Waals surface area contributed by atoms with E-state index in [1.165, 1.54) is 27.6 Å². The Labute approximate surface area is 198 Å². The summed E-state index contributed by atoms with van der Waals surface area (Å²) in [5.74, 6) is -0.266. The number of hydrogen-bond donors (Lipinski definition) is 1. The Hall–Kier alpha value is -2.54. The van der Waals surface area contributed by atoms with Crippen molar-refractivity contribution < 1.29 is 9.50 Å². The molecule has 3 aromatic carbocycles. The van der Waals surface area contributed by atoms with Gasteiger partial charge in [-0.15, -0.1) is 0 Å². The van der Waals surface area contributed by atoms with Crippen molar-refractivity contribution in [2.24, 2.45) is 0 Å². The average Bonchev–Trinajstić information content (AvgIpc) is 3.29. The number of nitrogens with zero attached hydrogens (tertiary/aromatic N) is 3. The Balaban J connectivity index is 1.14. The second-order valence-corrected chi connectivity index (χ2v) is 10.0. The summed E-state index contributed by atoms with van der Waals surface area (Å²) in [6.45, 7) is 3.12. The maximum Gasteiger partial charge on any atom is 0.186 e. The van der Waals surface area contributed by atoms with E-state index < -0.39 is 6.10 Å². The third-order valence-electron chi connectivity index (χ3n) is 6.89. The topological polar surface area (TPSA) is 39.6 Å². The van der Waals surface area contributed by atoms with Gasteiger partial charge in [0.2, 0.25) is 0 Å². The van der Waals surface area contributed by atoms with E-state index in [1.807, 2.05) is 0 Å². The van der Waals surface area contributed by atoms with E-state index in [0.29, 0.717) is 12.5 Å². The molecule has 0 spiro atoms. The standard InChI is InChI=1S/C27H30FN3OS/c1-30(27-29-26-23-6-3-2-5-19(23)10-13-25(26)33-27)22-14-17-31(18-15-22)16-4-7-24(32)20-8-11-21(28)12-9-20/h2-3,5-6,8-13,22,24,32H,4,7,14-18H2,1H3. The molecule has 1 atom stereocenters. The smallest absolute Gasteiger partial charge is 0.186 e. The minimum Gasteiger partial charge on any atom is -0.388 e. The number of aliphatic hydroxyl groups is 1. The average molecular weight is 464 g/mol. The highest BCUT2D eigenvalue weighted by Gasteiger charge is 2.24. The SMILES string of the molecule is CN(c1nc2c(ccc3ccccc32)s1)C1CCN(CCCC(O)c2ccc(F)cc2)CC1. The van der Waals surface area contributed by atoms with Crippen LogP contribution in [0.3, 0.4) is 0 Å². The molecule has 6 heteroatoms. The predicted molar refractivity (Wildman–Crippen MR) is 136 cm³/mol. The van der Waals surface area contributed by atoms with Gasteiger partial charge in [0.1, 0.15) is 5.82 Å². The number of aromatic nitrogens is 1. The molecule has 0 bridgehead atoms. The molecule has 0 saturated carbocycles. The summed E-state index contributed by atoms with van der Waals surface area (Å²) in [5, 5.41) is 13.9. The molecule has 1 unspecified atom stereocenters. The Morgan fingerprint density at radius 2 is 1.85 bits per heavy atom. The van der Waals surface area contributed by atoms with Crippen LogP contribution in [0, 0.1) is 5.82 Å². The van der Waals surface area contributed by atoms with Crippen LogP contribution >= 0.6 is 11.3 Å². The van der Waals surface area contributed by atoms with Gasteiger partial charge in [0, 0.05) is 31.6 Å². The van der Waals surface area contributed by atoms with Gasteiger partial charge in [-0.1, -0.05) is 53.8 Å². The van der Waals surface area contributed by atoms with Crippen LogP contribution in [0.4, 0.5) is 9.52 Å². The van der Waals surface area contributed by atoms with E-state index in [-0.39, 0.29) is 5.82 Å². The first-order chi connectivity index (χ1) is 16.1. The normalized spacial score (nSPS) is 16.5. The lowest BCUT2D eigenvalue weighted by molar-refractivity contribution is 0.148. The fourth-order valence-electron chi connectivity index (χ4n) is 4.85. The fraction of sp³-hybridized carbons (Fsp3) is 0.370. The largest absolute Gasteiger partial charge is 0.388 e. The fourth-order valence-corrected chi connectivity index (χ4v) is 5.86. The number of piperidine rings is 1. The van der Waals surface area contributed by atoms with Crippen LogP contribution in [0.2, 0.25) is 0 Å². The number of likely N-dealkylation sites (tertiary alicyclic amines) is 1. The molecule has 1 aliphatic heterocycles. The van der Waals surface area contributed by atoms with Gasteiger partial charge >= 0.3 is 0 Å². The number of fused-ring (bicyclic) bond motifs is 3. The summed E-state index contributed by atoms with van der Waals surface area (Å²) in [6, 6.07) is 19.5. The van der Waals surface area contributed by atoms with Crippen LogP contribution in [0.5, 0.6) is 0 Å². The molecule has 1 saturated heterocycles. The summed E-state index contributed by atoms with van der Waals surface area (Å²) in [7, 11) is 2.18. The molecule has 4 nitrogen and oxygen atoms in total. The van der Waals surface area contributed by atoms with Gasteiger partial charge in [-0.05, 0) is 61.4 Å². The molecule has 1 aliphatic rings. The quantitative estimate of drug-likeness (QED) is 0.365. The first-order valence-corrected chi connectivity index (χ1v) is 12.6. The highest BCUT2D eigenvalue weighted by molar-refractivity contribution is 7.22. The van der Waals surface area contributed by atoms with Crippen molar-refractivity contribution in [3.05, 3.63) is 72.0 Å². The molecule has 0 amide bonds. The van der Waals surface area contributed by atoms with Crippen molar-refractivity contribution >= 4 is 37.5 Å². The molecule has 5 rings (SSSR count). The molecule has 0 radical (unpaired) electrons. The van der Waals surface area contributed by atoms with Crippen LogP contribution in [0.15, 0.2) is 60.7 Å². The Morgan fingerprint density at radius 1 is 1.09 bits per heavy atom. The van der Waals surface area contributed by atoms with Crippen molar-refractivity contribution in [3.63, 3.8) is 0 Å². The molecule has 4 aromatic rings. The Morgan fingerprint density at radius 3 is 2.64 bits per heavy atom. The first kappa shape index (κ1) is 22.3. The summed E-state index contributed by atoms with van der Waals surface area (Å²) >= 11 is 1.78. The zero-order valence-electron chi connectivity index (χ0n) is 19.0. The molecular formula is C27H30FN3OS. The third kappa shape index (κ3) is 4.88. The van der Waals surface area contributed by atoms with Gasteiger partial charge in [0.15, 0.2) is 5.13 Å². The zero-order chi connectivity index (χ0) is 22.8. The van der Waals surface area contributed by atoms with Gasteiger partial charge in [0.25, 0.3) is 0 Å². The van der Waals surface area contributed by atoms with Crippen molar-refractivity contribution in [3.8, 4) is 0 Å². The van der Waals surface area contributed by atoms with Gasteiger partial charge in [-0.3, -0.25) is 0 Å². The van der Waals surface area contributed by atoms with Crippen LogP contribution < -0.4 is 4.90 Å². The first-order valence-electron chi connectivity index (χ1n) is 11.8. The van der Waals surface area contributed by atoms with Crippen LogP contribution in [-0.2, 0) is 0 Å². The molecule has 1 fully saturated rings. The van der Waals surface area contributed by atoms with E-state index in [9.17, 15) is 9.50 Å². The van der Waals surface area contributed by atoms with Crippen molar-refractivity contribution in [1.82, 2.24) is 9.88 Å². The highest BCUT2D eigenvalue weighted by Crippen LogP contribution is 2.35. The molecule has 33 heavy (non-hydrogen) atoms. The van der Waals surface area contributed by atoms with E-state index in [2.05, 4.69) is 53.2 Å². The van der Waals surface area contributed by atoms with Crippen molar-refractivity contribution in [1.29, 1.82) is 0 Å². The summed E-state index contributed by atoms with van der Waals surface area (Å²) < 4.78 is 14.3. The summed E-state index contributed by atoms with van der Waals surface area (Å²) in [6.07, 6.45) is 3.35. The minimum absolute atomic E-state index is 0.266. The van der Waals surface area contributed by atoms with E-state index in [1.54, 1.807) is 23.5 Å². The molecule has 0 aliphatic carbocycles. The van der Waals surface area contributed by atoms with Gasteiger partial charge in [-0.25, -0.2) is 9.37 Å². The Bertz CT molecular complexity index is 1220. The lowest BCUT2D eigenvalue weighted by atomic mass is 10.0. The number of rotatable bonds is 7. The van der Waals surface area contributed by atoms with Crippen molar-refractivity contribution in [2.75, 3.05) is 31.6 Å². The van der Waals surface area contributed by atoms with Crippen molar-refractivity contribution in [2.45, 2.75) is 37.8 Å². The summed E-state index contributed by atoms with van der Waals surface area (Å²) in [4.78, 5) is 9.88. The lowest BCUT2D eigenvalue weighted by Gasteiger charge is -2.36. The second kappa shape index (κ2) is 9.75. The molecule has 1 N–H and O–H groups in total. The highest BCUT2D eigenvalue weighted by atomic mass is 32.1. The van der Waals surface area contributed by atoms with Crippen LogP contribution in [-0.4, -0.2) is 47.7 Å². The second-order valence-electron chi connectivity index (χ2n) is 9.02. The van der Waals surface area contributed by atoms with E-state index in [4.69, 9.17) is 4.98 Å². The maximum absolute atomic E-state index is 13.1. The van der Waals surface area contributed by atoms with Gasteiger partial charge in [-0.2, -0.15) is 0 Å². The monoisotopic (exact) mass is 463 g/mol. The number of aliphatic hydroxyl groups excluding tert-OH is 1. The van der Waals surface area contributed by atoms with Crippen LogP contribution in [0.1, 0.15) is 37.4 Å². The third-order valence-corrected chi connectivity index (χ3v) is 8.00. The zero-order valence-corrected chi connectivity index (χ0v) is 19.8. The van der Waals surface area contributed by atoms with Gasteiger partial charge < -0.3 is 14.9 Å². The lowest BCUT2D eigenvalue weighted by Crippen LogP contribution is -2.43. The summed E-state index contributed by atoms with van der Waals surface area (Å²) in [5.41, 5.74) is 1.90. The number of halogens is 1. The number of hydrogen-bond acceptors (Lipinski definition) is 5. The van der Waals surface area contributed by atoms with Gasteiger partial charge in [0.05, 0.1) is 16.3 Å². The molecule has 2 heterocycles. The van der Waals surface area contributed by atoms with E-state index >= 15 is 0 Å². The van der Waals surface area contributed by atoms with Crippen LogP contribution in [0.25, 0.3) is 21.0 Å². The predicted octanol–water partition coefficient (Wildman–Crippen LogP) is 6.00.